The molecule has 1 fully saturated rings. The van der Waals surface area contributed by atoms with Crippen molar-refractivity contribution >= 4 is 9.84 Å². The van der Waals surface area contributed by atoms with Crippen LogP contribution in [0.1, 0.15) is 25.7 Å². The van der Waals surface area contributed by atoms with Crippen LogP contribution in [-0.2, 0) is 9.84 Å². The van der Waals surface area contributed by atoms with Crippen molar-refractivity contribution < 1.29 is 8.42 Å². The third-order valence-corrected chi connectivity index (χ3v) is 3.37. The Bertz CT molecular complexity index is 283. The van der Waals surface area contributed by atoms with E-state index < -0.39 is 9.84 Å². The smallest absolute Gasteiger partial charge is 0.147 e. The second kappa shape index (κ2) is 5.51. The van der Waals surface area contributed by atoms with Gasteiger partial charge in [0.05, 0.1) is 5.75 Å². The molecule has 1 heterocycles. The minimum Gasteiger partial charge on any atom is -0.316 e. The molecule has 0 unspecified atom stereocenters. The number of sulfone groups is 1. The van der Waals surface area contributed by atoms with Crippen LogP contribution in [0.25, 0.3) is 0 Å². The Morgan fingerprint density at radius 3 is 2.86 bits per heavy atom. The third kappa shape index (κ3) is 5.40. The van der Waals surface area contributed by atoms with Crippen molar-refractivity contribution in [2.75, 3.05) is 25.1 Å². The van der Waals surface area contributed by atoms with Crippen molar-refractivity contribution in [3.05, 3.63) is 11.6 Å². The number of nitrogens with one attached hydrogen (secondary N) is 1. The van der Waals surface area contributed by atoms with E-state index in [0.29, 0.717) is 6.42 Å². The summed E-state index contributed by atoms with van der Waals surface area (Å²) >= 11 is 0. The molecule has 1 N–H and O–H groups in total. The zero-order valence-corrected chi connectivity index (χ0v) is 9.57. The molecule has 4 heteroatoms. The van der Waals surface area contributed by atoms with Gasteiger partial charge >= 0.3 is 0 Å². The topological polar surface area (TPSA) is 46.2 Å². The average Bonchev–Trinajstić information content (AvgIpc) is 2.30. The normalized spacial score (nSPS) is 22.2. The van der Waals surface area contributed by atoms with Gasteiger partial charge in [-0.3, -0.25) is 0 Å². The van der Waals surface area contributed by atoms with E-state index in [1.54, 1.807) is 0 Å². The third-order valence-electron chi connectivity index (χ3n) is 2.40. The Labute approximate surface area is 86.5 Å². The Kier molecular flexibility index (Phi) is 4.62. The lowest BCUT2D eigenvalue weighted by molar-refractivity contribution is 0.601. The fourth-order valence-electron chi connectivity index (χ4n) is 1.62. The van der Waals surface area contributed by atoms with E-state index in [1.165, 1.54) is 18.2 Å². The summed E-state index contributed by atoms with van der Waals surface area (Å²) in [5.41, 5.74) is 1.42. The van der Waals surface area contributed by atoms with Crippen molar-refractivity contribution in [2.24, 2.45) is 0 Å². The molecule has 0 aromatic rings. The molecule has 14 heavy (non-hydrogen) atoms. The van der Waals surface area contributed by atoms with Gasteiger partial charge in [-0.25, -0.2) is 8.42 Å². The van der Waals surface area contributed by atoms with Crippen LogP contribution < -0.4 is 5.32 Å². The summed E-state index contributed by atoms with van der Waals surface area (Å²) in [5, 5.41) is 3.32. The molecule has 0 aromatic heterocycles. The molecule has 3 nitrogen and oxygen atoms in total. The first-order chi connectivity index (χ1) is 6.58. The zero-order valence-electron chi connectivity index (χ0n) is 8.75. The molecule has 0 aromatic carbocycles. The average molecular weight is 217 g/mol. The van der Waals surface area contributed by atoms with E-state index in [4.69, 9.17) is 0 Å². The predicted octanol–water partition coefficient (Wildman–Crippen LogP) is 1.12. The van der Waals surface area contributed by atoms with E-state index in [1.807, 2.05) is 0 Å². The Balaban J connectivity index is 2.35. The predicted molar refractivity (Wildman–Crippen MR) is 59.1 cm³/mol. The maximum Gasteiger partial charge on any atom is 0.147 e. The van der Waals surface area contributed by atoms with E-state index >= 15 is 0 Å². The molecule has 82 valence electrons. The second-order valence-corrected chi connectivity index (χ2v) is 6.14. The van der Waals surface area contributed by atoms with Gasteiger partial charge in [-0.1, -0.05) is 11.6 Å². The summed E-state index contributed by atoms with van der Waals surface area (Å²) in [6.07, 6.45) is 7.44. The molecule has 0 bridgehead atoms. The quantitative estimate of drug-likeness (QED) is 0.721. The second-order valence-electron chi connectivity index (χ2n) is 3.88. The molecule has 1 aliphatic rings. The standard InChI is InChI=1S/C10H19NO2S/c1-14(12,13)9-3-5-10-4-2-7-11-8-6-10/h5,11H,2-4,6-9H2,1H3/b10-5-. The number of allylic oxidation sites excluding steroid dienone is 1. The van der Waals surface area contributed by atoms with E-state index in [0.717, 1.165) is 25.9 Å². The molecule has 1 saturated heterocycles. The zero-order chi connectivity index (χ0) is 10.4. The molecular formula is C10H19NO2S. The lowest BCUT2D eigenvalue weighted by Gasteiger charge is -2.01. The minimum absolute atomic E-state index is 0.282. The van der Waals surface area contributed by atoms with Gasteiger partial charge in [0, 0.05) is 6.26 Å². The summed E-state index contributed by atoms with van der Waals surface area (Å²) in [7, 11) is -2.79. The molecule has 1 rings (SSSR count). The van der Waals surface area contributed by atoms with Gasteiger partial charge in [-0.15, -0.1) is 0 Å². The van der Waals surface area contributed by atoms with Gasteiger partial charge in [0.25, 0.3) is 0 Å². The highest BCUT2D eigenvalue weighted by Crippen LogP contribution is 2.12. The monoisotopic (exact) mass is 217 g/mol. The first-order valence-corrected chi connectivity index (χ1v) is 7.20. The van der Waals surface area contributed by atoms with Crippen molar-refractivity contribution in [3.63, 3.8) is 0 Å². The lowest BCUT2D eigenvalue weighted by atomic mass is 10.1. The van der Waals surface area contributed by atoms with Crippen LogP contribution in [0.2, 0.25) is 0 Å². The van der Waals surface area contributed by atoms with Crippen LogP contribution in [0.3, 0.4) is 0 Å². The highest BCUT2D eigenvalue weighted by atomic mass is 32.2. The van der Waals surface area contributed by atoms with Crippen LogP contribution in [0.4, 0.5) is 0 Å². The summed E-state index contributed by atoms with van der Waals surface area (Å²) < 4.78 is 21.8. The highest BCUT2D eigenvalue weighted by molar-refractivity contribution is 7.90. The van der Waals surface area contributed by atoms with Crippen LogP contribution >= 0.6 is 0 Å². The van der Waals surface area contributed by atoms with E-state index in [9.17, 15) is 8.42 Å². The van der Waals surface area contributed by atoms with Crippen LogP contribution in [0.15, 0.2) is 11.6 Å². The van der Waals surface area contributed by atoms with E-state index in [2.05, 4.69) is 11.4 Å². The van der Waals surface area contributed by atoms with E-state index in [-0.39, 0.29) is 5.75 Å². The van der Waals surface area contributed by atoms with Crippen molar-refractivity contribution in [2.45, 2.75) is 25.7 Å². The molecule has 0 saturated carbocycles. The fraction of sp³-hybridized carbons (Fsp3) is 0.800. The van der Waals surface area contributed by atoms with Crippen LogP contribution in [0.5, 0.6) is 0 Å². The molecule has 0 spiro atoms. The molecule has 0 amide bonds. The maximum atomic E-state index is 10.9. The lowest BCUT2D eigenvalue weighted by Crippen LogP contribution is -2.13. The summed E-state index contributed by atoms with van der Waals surface area (Å²) in [6, 6.07) is 0. The van der Waals surface area contributed by atoms with Gasteiger partial charge in [0.2, 0.25) is 0 Å². The first kappa shape index (κ1) is 11.7. The van der Waals surface area contributed by atoms with Gasteiger partial charge in [-0.2, -0.15) is 0 Å². The Morgan fingerprint density at radius 1 is 1.36 bits per heavy atom. The molecule has 1 aliphatic heterocycles. The Hall–Kier alpha value is -0.350. The number of hydrogen-bond donors (Lipinski definition) is 1. The molecule has 0 atom stereocenters. The maximum absolute atomic E-state index is 10.9. The summed E-state index contributed by atoms with van der Waals surface area (Å²) in [6.45, 7) is 2.12. The van der Waals surface area contributed by atoms with Crippen molar-refractivity contribution in [3.8, 4) is 0 Å². The minimum atomic E-state index is -2.79. The van der Waals surface area contributed by atoms with Gasteiger partial charge < -0.3 is 5.32 Å². The van der Waals surface area contributed by atoms with Gasteiger partial charge in [-0.05, 0) is 38.8 Å². The summed E-state index contributed by atoms with van der Waals surface area (Å²) in [5.74, 6) is 0.282. The number of hydrogen-bond acceptors (Lipinski definition) is 3. The summed E-state index contributed by atoms with van der Waals surface area (Å²) in [4.78, 5) is 0. The SMILES string of the molecule is CS(=O)(=O)CC/C=C1/CCCNCC1. The first-order valence-electron chi connectivity index (χ1n) is 5.14. The molecule has 0 radical (unpaired) electrons. The van der Waals surface area contributed by atoms with Crippen molar-refractivity contribution in [1.82, 2.24) is 5.32 Å². The fourth-order valence-corrected chi connectivity index (χ4v) is 2.17. The van der Waals surface area contributed by atoms with Crippen LogP contribution in [-0.4, -0.2) is 33.5 Å². The van der Waals surface area contributed by atoms with Crippen LogP contribution in [0, 0.1) is 0 Å². The Morgan fingerprint density at radius 2 is 2.14 bits per heavy atom. The largest absolute Gasteiger partial charge is 0.316 e. The van der Waals surface area contributed by atoms with Crippen molar-refractivity contribution in [1.29, 1.82) is 0 Å². The highest BCUT2D eigenvalue weighted by Gasteiger charge is 2.04. The molecule has 0 aliphatic carbocycles. The van der Waals surface area contributed by atoms with Gasteiger partial charge in [0.1, 0.15) is 9.84 Å². The molecular weight excluding hydrogens is 198 g/mol. The number of rotatable bonds is 3. The van der Waals surface area contributed by atoms with Gasteiger partial charge in [0.15, 0.2) is 0 Å².